The molecule has 0 amide bonds. The highest BCUT2D eigenvalue weighted by molar-refractivity contribution is 6.31. The molecule has 4 nitrogen and oxygen atoms in total. The largest absolute Gasteiger partial charge is 0.496 e. The first kappa shape index (κ1) is 17.1. The van der Waals surface area contributed by atoms with Crippen LogP contribution < -0.4 is 4.74 Å². The van der Waals surface area contributed by atoms with Gasteiger partial charge in [-0.05, 0) is 50.9 Å². The molecule has 0 aliphatic heterocycles. The smallest absolute Gasteiger partial charge is 0.141 e. The second-order valence-electron chi connectivity index (χ2n) is 5.67. The second-order valence-corrected chi connectivity index (χ2v) is 6.08. The fourth-order valence-electron chi connectivity index (χ4n) is 3.05. The van der Waals surface area contributed by atoms with Crippen LogP contribution in [0.3, 0.4) is 0 Å². The highest BCUT2D eigenvalue weighted by atomic mass is 35.5. The van der Waals surface area contributed by atoms with Gasteiger partial charge in [-0.3, -0.25) is 4.90 Å². The van der Waals surface area contributed by atoms with Crippen molar-refractivity contribution in [1.82, 2.24) is 4.90 Å². The van der Waals surface area contributed by atoms with Crippen molar-refractivity contribution in [2.75, 3.05) is 27.3 Å². The molecule has 22 heavy (non-hydrogen) atoms. The lowest BCUT2D eigenvalue weighted by Crippen LogP contribution is -2.31. The van der Waals surface area contributed by atoms with E-state index in [4.69, 9.17) is 26.3 Å². The van der Waals surface area contributed by atoms with Crippen molar-refractivity contribution in [3.05, 3.63) is 28.3 Å². The van der Waals surface area contributed by atoms with Gasteiger partial charge < -0.3 is 9.47 Å². The minimum Gasteiger partial charge on any atom is -0.496 e. The zero-order chi connectivity index (χ0) is 16.1. The van der Waals surface area contributed by atoms with Gasteiger partial charge in [0.05, 0.1) is 19.8 Å². The Morgan fingerprint density at radius 2 is 2.27 bits per heavy atom. The molecular formula is C17H23ClN2O2. The quantitative estimate of drug-likeness (QED) is 0.803. The number of hydrogen-bond donors (Lipinski definition) is 0. The zero-order valence-electron chi connectivity index (χ0n) is 13.4. The highest BCUT2D eigenvalue weighted by Crippen LogP contribution is 2.42. The first-order chi connectivity index (χ1) is 10.6. The lowest BCUT2D eigenvalue weighted by molar-refractivity contribution is 0.0715. The van der Waals surface area contributed by atoms with E-state index in [2.05, 4.69) is 18.0 Å². The van der Waals surface area contributed by atoms with Crippen LogP contribution in [0.4, 0.5) is 0 Å². The number of rotatable bonds is 6. The van der Waals surface area contributed by atoms with Crippen LogP contribution in [-0.4, -0.2) is 38.3 Å². The monoisotopic (exact) mass is 322 g/mol. The van der Waals surface area contributed by atoms with Crippen LogP contribution in [0.15, 0.2) is 12.1 Å². The molecule has 0 spiro atoms. The Bertz CT molecular complexity index is 556. The van der Waals surface area contributed by atoms with Gasteiger partial charge in [0.2, 0.25) is 0 Å². The Labute approximate surface area is 137 Å². The molecule has 0 aromatic heterocycles. The number of ether oxygens (including phenoxy) is 2. The van der Waals surface area contributed by atoms with Crippen molar-refractivity contribution in [2.24, 2.45) is 0 Å². The Morgan fingerprint density at radius 3 is 2.95 bits per heavy atom. The number of hydrogen-bond acceptors (Lipinski definition) is 4. The highest BCUT2D eigenvalue weighted by Gasteiger charge is 2.28. The van der Waals surface area contributed by atoms with E-state index in [0.717, 1.165) is 36.6 Å². The summed E-state index contributed by atoms with van der Waals surface area (Å²) in [5.74, 6) is 0.923. The van der Waals surface area contributed by atoms with Crippen LogP contribution in [0.1, 0.15) is 36.9 Å². The van der Waals surface area contributed by atoms with Gasteiger partial charge in [0.25, 0.3) is 0 Å². The summed E-state index contributed by atoms with van der Waals surface area (Å²) in [7, 11) is 3.78. The summed E-state index contributed by atoms with van der Waals surface area (Å²) in [4.78, 5) is 2.26. The molecule has 2 unspecified atom stereocenters. The molecule has 1 aromatic rings. The van der Waals surface area contributed by atoms with E-state index in [1.807, 2.05) is 12.1 Å². The molecule has 1 aliphatic carbocycles. The summed E-state index contributed by atoms with van der Waals surface area (Å²) in [6.07, 6.45) is 2.83. The third kappa shape index (κ3) is 3.73. The summed E-state index contributed by atoms with van der Waals surface area (Å²) >= 11 is 6.46. The Morgan fingerprint density at radius 1 is 1.50 bits per heavy atom. The minimum absolute atomic E-state index is 0.271. The van der Waals surface area contributed by atoms with Gasteiger partial charge >= 0.3 is 0 Å². The van der Waals surface area contributed by atoms with Gasteiger partial charge in [0.15, 0.2) is 0 Å². The van der Waals surface area contributed by atoms with Gasteiger partial charge in [-0.1, -0.05) is 11.6 Å². The summed E-state index contributed by atoms with van der Waals surface area (Å²) in [6.45, 7) is 3.07. The van der Waals surface area contributed by atoms with E-state index in [9.17, 15) is 0 Å². The molecule has 0 N–H and O–H groups in total. The topological polar surface area (TPSA) is 45.5 Å². The number of methoxy groups -OCH3 is 1. The standard InChI is InChI=1S/C17H23ClN2O2/c1-12(11-19)22-10-9-20(2)15-6-4-5-13-16(21-3)8-7-14(18)17(13)15/h7-8,12,15H,4-6,9-10H2,1-3H3. The van der Waals surface area contributed by atoms with E-state index in [1.54, 1.807) is 14.0 Å². The number of nitrogens with zero attached hydrogens (tertiary/aromatic N) is 2. The van der Waals surface area contributed by atoms with Gasteiger partial charge in [-0.15, -0.1) is 0 Å². The molecule has 120 valence electrons. The maximum Gasteiger partial charge on any atom is 0.141 e. The molecule has 1 aliphatic rings. The number of halogens is 1. The maximum absolute atomic E-state index is 8.75. The van der Waals surface area contributed by atoms with Crippen molar-refractivity contribution < 1.29 is 9.47 Å². The molecule has 2 rings (SSSR count). The molecule has 0 radical (unpaired) electrons. The fourth-order valence-corrected chi connectivity index (χ4v) is 3.35. The lowest BCUT2D eigenvalue weighted by atomic mass is 9.86. The molecular weight excluding hydrogens is 300 g/mol. The normalized spacial score (nSPS) is 18.6. The molecule has 0 saturated heterocycles. The van der Waals surface area contributed by atoms with Gasteiger partial charge in [0.1, 0.15) is 11.9 Å². The molecule has 2 atom stereocenters. The van der Waals surface area contributed by atoms with Gasteiger partial charge in [0, 0.05) is 23.2 Å². The van der Waals surface area contributed by atoms with Crippen LogP contribution >= 0.6 is 11.6 Å². The molecule has 5 heteroatoms. The molecule has 0 saturated carbocycles. The third-order valence-electron chi connectivity index (χ3n) is 4.24. The number of benzene rings is 1. The van der Waals surface area contributed by atoms with Crippen molar-refractivity contribution in [1.29, 1.82) is 5.26 Å². The maximum atomic E-state index is 8.75. The van der Waals surface area contributed by atoms with Crippen molar-refractivity contribution >= 4 is 11.6 Å². The van der Waals surface area contributed by atoms with Crippen molar-refractivity contribution in [2.45, 2.75) is 38.3 Å². The van der Waals surface area contributed by atoms with E-state index in [-0.39, 0.29) is 12.1 Å². The van der Waals surface area contributed by atoms with Crippen molar-refractivity contribution in [3.63, 3.8) is 0 Å². The molecule has 0 bridgehead atoms. The van der Waals surface area contributed by atoms with Gasteiger partial charge in [-0.25, -0.2) is 0 Å². The fraction of sp³-hybridized carbons (Fsp3) is 0.588. The van der Waals surface area contributed by atoms with Crippen LogP contribution in [0.5, 0.6) is 5.75 Å². The lowest BCUT2D eigenvalue weighted by Gasteiger charge is -2.34. The Hall–Kier alpha value is -1.28. The second kappa shape index (κ2) is 7.82. The van der Waals surface area contributed by atoms with Crippen LogP contribution in [-0.2, 0) is 11.2 Å². The number of nitriles is 1. The number of fused-ring (bicyclic) bond motifs is 1. The van der Waals surface area contributed by atoms with Crippen molar-refractivity contribution in [3.8, 4) is 11.8 Å². The average molecular weight is 323 g/mol. The van der Waals surface area contributed by atoms with Crippen LogP contribution in [0.25, 0.3) is 0 Å². The third-order valence-corrected chi connectivity index (χ3v) is 4.57. The molecule has 0 fully saturated rings. The predicted octanol–water partition coefficient (Wildman–Crippen LogP) is 3.59. The summed E-state index contributed by atoms with van der Waals surface area (Å²) in [5.41, 5.74) is 2.41. The summed E-state index contributed by atoms with van der Waals surface area (Å²) in [6, 6.07) is 6.21. The SMILES string of the molecule is COc1ccc(Cl)c2c1CCCC2N(C)CCOC(C)C#N. The predicted molar refractivity (Wildman–Crippen MR) is 87.3 cm³/mol. The molecule has 1 aromatic carbocycles. The van der Waals surface area contributed by atoms with E-state index >= 15 is 0 Å². The Kier molecular flexibility index (Phi) is 6.07. The van der Waals surface area contributed by atoms with Crippen LogP contribution in [0.2, 0.25) is 5.02 Å². The summed E-state index contributed by atoms with van der Waals surface area (Å²) < 4.78 is 10.9. The molecule has 0 heterocycles. The average Bonchev–Trinajstić information content (AvgIpc) is 2.54. The first-order valence-electron chi connectivity index (χ1n) is 7.65. The van der Waals surface area contributed by atoms with Gasteiger partial charge in [-0.2, -0.15) is 5.26 Å². The number of likely N-dealkylation sites (N-methyl/N-ethyl adjacent to an activating group) is 1. The van der Waals surface area contributed by atoms with E-state index < -0.39 is 0 Å². The van der Waals surface area contributed by atoms with E-state index in [1.165, 1.54) is 11.1 Å². The Balaban J connectivity index is 2.13. The van der Waals surface area contributed by atoms with Crippen LogP contribution in [0, 0.1) is 11.3 Å². The van der Waals surface area contributed by atoms with E-state index in [0.29, 0.717) is 6.61 Å². The minimum atomic E-state index is -0.365. The first-order valence-corrected chi connectivity index (χ1v) is 8.03. The summed E-state index contributed by atoms with van der Waals surface area (Å²) in [5, 5.41) is 9.56. The zero-order valence-corrected chi connectivity index (χ0v) is 14.2.